The number of carbonyl (C=O) groups is 1. The molecule has 2 aromatic heterocycles. The van der Waals surface area contributed by atoms with Gasteiger partial charge in [-0.25, -0.2) is 0 Å². The fourth-order valence-corrected chi connectivity index (χ4v) is 4.10. The molecule has 0 N–H and O–H groups in total. The Morgan fingerprint density at radius 3 is 2.86 bits per heavy atom. The van der Waals surface area contributed by atoms with Gasteiger partial charge in [0, 0.05) is 31.6 Å². The van der Waals surface area contributed by atoms with E-state index in [0.717, 1.165) is 48.0 Å². The van der Waals surface area contributed by atoms with E-state index in [0.29, 0.717) is 5.25 Å². The van der Waals surface area contributed by atoms with Crippen molar-refractivity contribution >= 4 is 17.7 Å². The van der Waals surface area contributed by atoms with Gasteiger partial charge in [-0.1, -0.05) is 0 Å². The maximum atomic E-state index is 12.8. The van der Waals surface area contributed by atoms with Crippen LogP contribution in [0.1, 0.15) is 39.2 Å². The highest BCUT2D eigenvalue weighted by atomic mass is 32.2. The molecule has 0 saturated carbocycles. The van der Waals surface area contributed by atoms with Gasteiger partial charge in [-0.3, -0.25) is 9.48 Å². The summed E-state index contributed by atoms with van der Waals surface area (Å²) in [6, 6.07) is 3.94. The molecule has 0 radical (unpaired) electrons. The van der Waals surface area contributed by atoms with Gasteiger partial charge in [-0.05, 0) is 32.4 Å². The van der Waals surface area contributed by atoms with E-state index in [4.69, 9.17) is 4.42 Å². The molecule has 0 aromatic carbocycles. The molecule has 2 aromatic rings. The smallest absolute Gasteiger partial charge is 0.257 e. The Morgan fingerprint density at radius 1 is 1.41 bits per heavy atom. The number of hydrogen-bond acceptors (Lipinski definition) is 4. The molecule has 6 heteroatoms. The average molecular weight is 319 g/mol. The van der Waals surface area contributed by atoms with Gasteiger partial charge in [-0.15, -0.1) is 11.8 Å². The molecule has 0 aliphatic carbocycles. The minimum atomic E-state index is 0.101. The van der Waals surface area contributed by atoms with E-state index in [9.17, 15) is 4.79 Å². The van der Waals surface area contributed by atoms with Crippen LogP contribution >= 0.6 is 11.8 Å². The lowest BCUT2D eigenvalue weighted by molar-refractivity contribution is 0.0764. The zero-order chi connectivity index (χ0) is 15.7. The molecular weight excluding hydrogens is 298 g/mol. The van der Waals surface area contributed by atoms with E-state index in [1.165, 1.54) is 0 Å². The maximum Gasteiger partial charge on any atom is 0.257 e. The van der Waals surface area contributed by atoms with E-state index in [1.54, 1.807) is 10.9 Å². The number of aromatic nitrogens is 2. The molecule has 1 aliphatic rings. The number of furan rings is 1. The molecule has 5 nitrogen and oxygen atoms in total. The van der Waals surface area contributed by atoms with E-state index in [1.807, 2.05) is 49.7 Å². The fourth-order valence-electron chi connectivity index (χ4n) is 2.92. The van der Waals surface area contributed by atoms with Crippen LogP contribution < -0.4 is 0 Å². The van der Waals surface area contributed by atoms with Crippen LogP contribution in [0.15, 0.2) is 22.8 Å². The van der Waals surface area contributed by atoms with Gasteiger partial charge in [0.15, 0.2) is 0 Å². The lowest BCUT2D eigenvalue weighted by Crippen LogP contribution is -2.33. The van der Waals surface area contributed by atoms with Crippen molar-refractivity contribution in [2.24, 2.45) is 7.05 Å². The van der Waals surface area contributed by atoms with E-state index < -0.39 is 0 Å². The van der Waals surface area contributed by atoms with Crippen molar-refractivity contribution in [1.82, 2.24) is 14.7 Å². The maximum absolute atomic E-state index is 12.8. The topological polar surface area (TPSA) is 51.3 Å². The van der Waals surface area contributed by atoms with E-state index in [-0.39, 0.29) is 5.91 Å². The third kappa shape index (κ3) is 2.79. The summed E-state index contributed by atoms with van der Waals surface area (Å²) < 4.78 is 7.29. The number of carbonyl (C=O) groups excluding carboxylic acids is 1. The molecule has 1 aliphatic heterocycles. The molecular formula is C16H21N3O2S. The minimum absolute atomic E-state index is 0.101. The lowest BCUT2D eigenvalue weighted by atomic mass is 10.1. The molecule has 118 valence electrons. The summed E-state index contributed by atoms with van der Waals surface area (Å²) in [5, 5.41) is 4.69. The second-order valence-electron chi connectivity index (χ2n) is 5.63. The van der Waals surface area contributed by atoms with Gasteiger partial charge < -0.3 is 9.32 Å². The fraction of sp³-hybridized carbons (Fsp3) is 0.500. The number of amides is 1. The van der Waals surface area contributed by atoms with Crippen molar-refractivity contribution in [1.29, 1.82) is 0 Å². The third-order valence-corrected chi connectivity index (χ3v) is 5.50. The molecule has 1 unspecified atom stereocenters. The van der Waals surface area contributed by atoms with Crippen LogP contribution in [0.5, 0.6) is 0 Å². The van der Waals surface area contributed by atoms with Crippen LogP contribution in [0.2, 0.25) is 0 Å². The van der Waals surface area contributed by atoms with Gasteiger partial charge >= 0.3 is 0 Å². The average Bonchev–Trinajstić information content (AvgIpc) is 3.01. The quantitative estimate of drug-likeness (QED) is 0.854. The van der Waals surface area contributed by atoms with Crippen molar-refractivity contribution in [3.05, 3.63) is 41.1 Å². The monoisotopic (exact) mass is 319 g/mol. The molecule has 0 spiro atoms. The number of hydrogen-bond donors (Lipinski definition) is 0. The van der Waals surface area contributed by atoms with Crippen molar-refractivity contribution in [2.75, 3.05) is 18.8 Å². The Hall–Kier alpha value is -1.69. The van der Waals surface area contributed by atoms with E-state index >= 15 is 0 Å². The van der Waals surface area contributed by atoms with Crippen molar-refractivity contribution in [3.63, 3.8) is 0 Å². The molecule has 0 bridgehead atoms. The van der Waals surface area contributed by atoms with Crippen LogP contribution in [0.4, 0.5) is 0 Å². The SMILES string of the molecule is Cc1nn(C)c(C)c1C(=O)N1CCSC(c2ccco2)CC1. The van der Waals surface area contributed by atoms with Gasteiger partial charge in [0.2, 0.25) is 0 Å². The van der Waals surface area contributed by atoms with Crippen LogP contribution in [-0.2, 0) is 7.05 Å². The highest BCUT2D eigenvalue weighted by Crippen LogP contribution is 2.34. The molecule has 22 heavy (non-hydrogen) atoms. The summed E-state index contributed by atoms with van der Waals surface area (Å²) >= 11 is 1.86. The molecule has 1 atom stereocenters. The first-order valence-electron chi connectivity index (χ1n) is 7.52. The van der Waals surface area contributed by atoms with Crippen molar-refractivity contribution in [2.45, 2.75) is 25.5 Å². The summed E-state index contributed by atoms with van der Waals surface area (Å²) in [4.78, 5) is 14.8. The highest BCUT2D eigenvalue weighted by Gasteiger charge is 2.27. The molecule has 3 heterocycles. The summed E-state index contributed by atoms with van der Waals surface area (Å²) in [6.45, 7) is 5.38. The second kappa shape index (κ2) is 6.20. The number of nitrogens with zero attached hydrogens (tertiary/aromatic N) is 3. The molecule has 1 saturated heterocycles. The van der Waals surface area contributed by atoms with E-state index in [2.05, 4.69) is 5.10 Å². The van der Waals surface area contributed by atoms with Crippen LogP contribution in [0, 0.1) is 13.8 Å². The van der Waals surface area contributed by atoms with Gasteiger partial charge in [-0.2, -0.15) is 5.10 Å². The van der Waals surface area contributed by atoms with Gasteiger partial charge in [0.1, 0.15) is 5.76 Å². The number of rotatable bonds is 2. The Labute approximate surface area is 134 Å². The first-order valence-corrected chi connectivity index (χ1v) is 8.57. The van der Waals surface area contributed by atoms with Gasteiger partial charge in [0.25, 0.3) is 5.91 Å². The zero-order valence-electron chi connectivity index (χ0n) is 13.2. The number of aryl methyl sites for hydroxylation is 2. The lowest BCUT2D eigenvalue weighted by Gasteiger charge is -2.20. The summed E-state index contributed by atoms with van der Waals surface area (Å²) in [6.07, 6.45) is 2.63. The van der Waals surface area contributed by atoms with Crippen molar-refractivity contribution < 1.29 is 9.21 Å². The van der Waals surface area contributed by atoms with Crippen LogP contribution in [0.25, 0.3) is 0 Å². The minimum Gasteiger partial charge on any atom is -0.468 e. The summed E-state index contributed by atoms with van der Waals surface area (Å²) in [7, 11) is 1.88. The molecule has 3 rings (SSSR count). The second-order valence-corrected chi connectivity index (χ2v) is 6.94. The first-order chi connectivity index (χ1) is 10.6. The summed E-state index contributed by atoms with van der Waals surface area (Å²) in [5.41, 5.74) is 2.50. The largest absolute Gasteiger partial charge is 0.468 e. The highest BCUT2D eigenvalue weighted by molar-refractivity contribution is 7.99. The summed E-state index contributed by atoms with van der Waals surface area (Å²) in [5.74, 6) is 2.03. The van der Waals surface area contributed by atoms with Crippen LogP contribution in [0.3, 0.4) is 0 Å². The predicted octanol–water partition coefficient (Wildman–Crippen LogP) is 2.95. The number of thioether (sulfide) groups is 1. The van der Waals surface area contributed by atoms with Crippen LogP contribution in [-0.4, -0.2) is 39.4 Å². The standard InChI is InChI=1S/C16H21N3O2S/c1-11-15(12(2)18(3)17-11)16(20)19-7-6-14(22-10-8-19)13-5-4-9-21-13/h4-5,9,14H,6-8,10H2,1-3H3. The molecule has 1 amide bonds. The van der Waals surface area contributed by atoms with Crippen molar-refractivity contribution in [3.8, 4) is 0 Å². The molecule has 1 fully saturated rings. The Bertz CT molecular complexity index is 663. The zero-order valence-corrected chi connectivity index (χ0v) is 14.0. The first kappa shape index (κ1) is 15.2. The Kier molecular flexibility index (Phi) is 4.29. The third-order valence-electron chi connectivity index (χ3n) is 4.21. The Morgan fingerprint density at radius 2 is 2.23 bits per heavy atom. The normalized spacial score (nSPS) is 19.2. The predicted molar refractivity (Wildman–Crippen MR) is 87.1 cm³/mol. The van der Waals surface area contributed by atoms with Gasteiger partial charge in [0.05, 0.1) is 22.8 Å². The Balaban J connectivity index is 1.74.